The maximum absolute atomic E-state index is 10.2. The minimum atomic E-state index is -0.933. The first-order valence-corrected chi connectivity index (χ1v) is 6.37. The van der Waals surface area contributed by atoms with Gasteiger partial charge in [0.05, 0.1) is 6.10 Å². The van der Waals surface area contributed by atoms with E-state index < -0.39 is 12.2 Å². The van der Waals surface area contributed by atoms with Crippen LogP contribution in [0.4, 0.5) is 0 Å². The van der Waals surface area contributed by atoms with Gasteiger partial charge in [0.25, 0.3) is 0 Å². The van der Waals surface area contributed by atoms with Gasteiger partial charge < -0.3 is 30.3 Å². The molecular formula is C16H18O6. The molecule has 22 heavy (non-hydrogen) atoms. The molecule has 1 aliphatic heterocycles. The molecule has 0 bridgehead atoms. The molecule has 0 amide bonds. The third kappa shape index (κ3) is 2.60. The molecule has 0 saturated heterocycles. The second-order valence-electron chi connectivity index (χ2n) is 5.00. The normalized spacial score (nSPS) is 19.7. The molecule has 1 heterocycles. The number of hydrogen-bond donors (Lipinski definition) is 5. The van der Waals surface area contributed by atoms with Gasteiger partial charge >= 0.3 is 0 Å². The number of aromatic hydroxyl groups is 4. The van der Waals surface area contributed by atoms with Crippen LogP contribution in [-0.4, -0.2) is 31.6 Å². The van der Waals surface area contributed by atoms with Gasteiger partial charge in [0.2, 0.25) is 0 Å². The van der Waals surface area contributed by atoms with E-state index in [0.717, 1.165) is 0 Å². The van der Waals surface area contributed by atoms with Gasteiger partial charge in [-0.2, -0.15) is 0 Å². The molecule has 6 nitrogen and oxygen atoms in total. The van der Waals surface area contributed by atoms with Crippen molar-refractivity contribution in [3.05, 3.63) is 41.5 Å². The first kappa shape index (κ1) is 15.8. The Balaban J connectivity index is 0.00000176. The summed E-state index contributed by atoms with van der Waals surface area (Å²) in [7, 11) is 0. The Hall–Kier alpha value is -2.60. The lowest BCUT2D eigenvalue weighted by Crippen LogP contribution is -2.30. The molecule has 118 valence electrons. The number of benzene rings is 2. The Morgan fingerprint density at radius 3 is 2.32 bits per heavy atom. The van der Waals surface area contributed by atoms with Crippen molar-refractivity contribution in [2.45, 2.75) is 26.1 Å². The summed E-state index contributed by atoms with van der Waals surface area (Å²) in [6.07, 6.45) is -1.56. The first-order chi connectivity index (χ1) is 9.95. The highest BCUT2D eigenvalue weighted by molar-refractivity contribution is 5.52. The zero-order valence-corrected chi connectivity index (χ0v) is 10.9. The molecule has 0 spiro atoms. The van der Waals surface area contributed by atoms with Gasteiger partial charge in [0.15, 0.2) is 11.5 Å². The summed E-state index contributed by atoms with van der Waals surface area (Å²) in [6, 6.07) is 6.67. The molecule has 0 unspecified atom stereocenters. The van der Waals surface area contributed by atoms with Crippen LogP contribution in [0.1, 0.15) is 24.7 Å². The lowest BCUT2D eigenvalue weighted by Gasteiger charge is -2.31. The highest BCUT2D eigenvalue weighted by Gasteiger charge is 2.32. The van der Waals surface area contributed by atoms with E-state index >= 15 is 0 Å². The van der Waals surface area contributed by atoms with Crippen LogP contribution >= 0.6 is 0 Å². The molecule has 5 N–H and O–H groups in total. The highest BCUT2D eigenvalue weighted by Crippen LogP contribution is 2.42. The molecule has 1 aliphatic rings. The van der Waals surface area contributed by atoms with Crippen molar-refractivity contribution in [1.82, 2.24) is 0 Å². The van der Waals surface area contributed by atoms with Crippen molar-refractivity contribution >= 4 is 0 Å². The third-order valence-corrected chi connectivity index (χ3v) is 3.51. The molecular weight excluding hydrogens is 288 g/mol. The quantitative estimate of drug-likeness (QED) is 0.517. The van der Waals surface area contributed by atoms with Gasteiger partial charge in [-0.15, -0.1) is 0 Å². The summed E-state index contributed by atoms with van der Waals surface area (Å²) < 4.78 is 5.62. The fourth-order valence-electron chi connectivity index (χ4n) is 2.47. The first-order valence-electron chi connectivity index (χ1n) is 6.37. The third-order valence-electron chi connectivity index (χ3n) is 3.51. The molecule has 2 aromatic carbocycles. The lowest BCUT2D eigenvalue weighted by molar-refractivity contribution is 0.0197. The van der Waals surface area contributed by atoms with Crippen LogP contribution in [0, 0.1) is 0 Å². The van der Waals surface area contributed by atoms with E-state index in [1.165, 1.54) is 30.3 Å². The summed E-state index contributed by atoms with van der Waals surface area (Å²) in [5, 5.41) is 48.3. The van der Waals surface area contributed by atoms with Crippen LogP contribution in [0.3, 0.4) is 0 Å². The number of rotatable bonds is 1. The standard InChI is InChI=1S/C15H14O6.CH4/c16-8-4-11(18)9-6-13(20)15(21-14(9)5-8)7-1-2-10(17)12(19)3-7;/h1-5,13,15-20H,6H2;1H4/t13-,15+;/m0./s1. The van der Waals surface area contributed by atoms with Crippen LogP contribution < -0.4 is 4.74 Å². The molecule has 2 aromatic rings. The zero-order valence-electron chi connectivity index (χ0n) is 10.9. The fourth-order valence-corrected chi connectivity index (χ4v) is 2.47. The number of aliphatic hydroxyl groups excluding tert-OH is 1. The van der Waals surface area contributed by atoms with E-state index in [-0.39, 0.29) is 42.6 Å². The van der Waals surface area contributed by atoms with Crippen molar-refractivity contribution in [3.63, 3.8) is 0 Å². The minimum absolute atomic E-state index is 0. The summed E-state index contributed by atoms with van der Waals surface area (Å²) in [4.78, 5) is 0. The van der Waals surface area contributed by atoms with E-state index in [1.807, 2.05) is 0 Å². The summed E-state index contributed by atoms with van der Waals surface area (Å²) in [5.41, 5.74) is 0.894. The molecule has 0 aliphatic carbocycles. The SMILES string of the molecule is C.Oc1cc(O)c2c(c1)O[C@H](c1ccc(O)c(O)c1)[C@@H](O)C2. The van der Waals surface area contributed by atoms with E-state index in [9.17, 15) is 25.5 Å². The van der Waals surface area contributed by atoms with Crippen LogP contribution in [0.25, 0.3) is 0 Å². The number of aliphatic hydroxyl groups is 1. The van der Waals surface area contributed by atoms with Crippen molar-refractivity contribution in [2.75, 3.05) is 0 Å². The second-order valence-corrected chi connectivity index (χ2v) is 5.00. The van der Waals surface area contributed by atoms with E-state index in [4.69, 9.17) is 4.74 Å². The van der Waals surface area contributed by atoms with E-state index in [0.29, 0.717) is 11.1 Å². The van der Waals surface area contributed by atoms with Crippen molar-refractivity contribution in [1.29, 1.82) is 0 Å². The Kier molecular flexibility index (Phi) is 4.05. The summed E-state index contributed by atoms with van der Waals surface area (Å²) >= 11 is 0. The van der Waals surface area contributed by atoms with Crippen LogP contribution in [0.15, 0.2) is 30.3 Å². The molecule has 0 saturated carbocycles. The largest absolute Gasteiger partial charge is 0.508 e. The number of phenols is 4. The topological polar surface area (TPSA) is 110 Å². The molecule has 6 heteroatoms. The van der Waals surface area contributed by atoms with E-state index in [1.54, 1.807) is 0 Å². The molecule has 0 fully saturated rings. The van der Waals surface area contributed by atoms with Gasteiger partial charge in [0, 0.05) is 24.1 Å². The average Bonchev–Trinajstić information content (AvgIpc) is 2.42. The number of phenolic OH excluding ortho intramolecular Hbond substituents is 4. The molecule has 3 rings (SSSR count). The number of fused-ring (bicyclic) bond motifs is 1. The Bertz CT molecular complexity index is 697. The fraction of sp³-hybridized carbons (Fsp3) is 0.250. The minimum Gasteiger partial charge on any atom is -0.508 e. The van der Waals surface area contributed by atoms with Crippen molar-refractivity contribution in [3.8, 4) is 28.7 Å². The predicted octanol–water partition coefficient (Wildman–Crippen LogP) is 2.18. The van der Waals surface area contributed by atoms with Gasteiger partial charge in [-0.3, -0.25) is 0 Å². The van der Waals surface area contributed by atoms with Gasteiger partial charge in [-0.25, -0.2) is 0 Å². The molecule has 0 aromatic heterocycles. The molecule has 0 radical (unpaired) electrons. The molecule has 2 atom stereocenters. The van der Waals surface area contributed by atoms with Gasteiger partial charge in [-0.1, -0.05) is 13.5 Å². The second kappa shape index (κ2) is 5.65. The van der Waals surface area contributed by atoms with E-state index in [2.05, 4.69) is 0 Å². The Morgan fingerprint density at radius 2 is 1.64 bits per heavy atom. The predicted molar refractivity (Wildman–Crippen MR) is 79.4 cm³/mol. The number of hydrogen-bond acceptors (Lipinski definition) is 6. The Morgan fingerprint density at radius 1 is 0.909 bits per heavy atom. The maximum atomic E-state index is 10.2. The lowest BCUT2D eigenvalue weighted by atomic mass is 9.94. The van der Waals surface area contributed by atoms with Crippen molar-refractivity contribution in [2.24, 2.45) is 0 Å². The Labute approximate surface area is 127 Å². The summed E-state index contributed by atoms with van der Waals surface area (Å²) in [6.45, 7) is 0. The van der Waals surface area contributed by atoms with Crippen LogP contribution in [0.2, 0.25) is 0 Å². The smallest absolute Gasteiger partial charge is 0.157 e. The average molecular weight is 306 g/mol. The highest BCUT2D eigenvalue weighted by atomic mass is 16.5. The van der Waals surface area contributed by atoms with Crippen molar-refractivity contribution < 1.29 is 30.3 Å². The van der Waals surface area contributed by atoms with Gasteiger partial charge in [-0.05, 0) is 17.7 Å². The maximum Gasteiger partial charge on any atom is 0.157 e. The van der Waals surface area contributed by atoms with Crippen LogP contribution in [0.5, 0.6) is 28.7 Å². The monoisotopic (exact) mass is 306 g/mol. The summed E-state index contributed by atoms with van der Waals surface area (Å²) in [5.74, 6) is -0.589. The number of ether oxygens (including phenoxy) is 1. The zero-order chi connectivity index (χ0) is 15.1. The van der Waals surface area contributed by atoms with Crippen LogP contribution in [-0.2, 0) is 6.42 Å². The van der Waals surface area contributed by atoms with Gasteiger partial charge in [0.1, 0.15) is 23.4 Å².